The molecule has 0 atom stereocenters. The Bertz CT molecular complexity index is 1060. The van der Waals surface area contributed by atoms with Crippen LogP contribution in [0.2, 0.25) is 0 Å². The first-order valence-corrected chi connectivity index (χ1v) is 11.0. The molecule has 0 unspecified atom stereocenters. The Labute approximate surface area is 184 Å². The van der Waals surface area contributed by atoms with Crippen LogP contribution in [0, 0.1) is 27.7 Å². The van der Waals surface area contributed by atoms with Gasteiger partial charge in [0.2, 0.25) is 0 Å². The molecule has 162 valence electrons. The number of quaternary nitrogens is 1. The maximum atomic E-state index is 12.8. The third-order valence-electron chi connectivity index (χ3n) is 6.18. The SMILES string of the molecule is Cc1ccc(-n2nc(C)cc2NC(=O)C[NH+]2CCN(c3cccc(C)c3C)CC2)cc1. The summed E-state index contributed by atoms with van der Waals surface area (Å²) in [6.45, 7) is 12.7. The Kier molecular flexibility index (Phi) is 6.09. The van der Waals surface area contributed by atoms with Gasteiger partial charge >= 0.3 is 0 Å². The van der Waals surface area contributed by atoms with Crippen LogP contribution < -0.4 is 15.1 Å². The van der Waals surface area contributed by atoms with Crippen molar-refractivity contribution < 1.29 is 9.69 Å². The average Bonchev–Trinajstić information content (AvgIpc) is 3.11. The molecule has 1 amide bonds. The zero-order chi connectivity index (χ0) is 22.0. The summed E-state index contributed by atoms with van der Waals surface area (Å²) in [5.41, 5.74) is 7.02. The van der Waals surface area contributed by atoms with Gasteiger partial charge in [0.25, 0.3) is 5.91 Å². The summed E-state index contributed by atoms with van der Waals surface area (Å²) in [6, 6.07) is 16.6. The minimum atomic E-state index is 0.0310. The van der Waals surface area contributed by atoms with Crippen LogP contribution in [0.15, 0.2) is 48.5 Å². The smallest absolute Gasteiger partial charge is 0.280 e. The van der Waals surface area contributed by atoms with E-state index in [9.17, 15) is 4.79 Å². The predicted molar refractivity (Wildman–Crippen MR) is 125 cm³/mol. The molecule has 3 aromatic rings. The summed E-state index contributed by atoms with van der Waals surface area (Å²) in [6.07, 6.45) is 0. The van der Waals surface area contributed by atoms with Crippen molar-refractivity contribution in [3.05, 3.63) is 70.9 Å². The Morgan fingerprint density at radius 1 is 1.03 bits per heavy atom. The van der Waals surface area contributed by atoms with Crippen LogP contribution in [0.5, 0.6) is 0 Å². The van der Waals surface area contributed by atoms with Gasteiger partial charge in [-0.25, -0.2) is 4.68 Å². The molecule has 1 saturated heterocycles. The van der Waals surface area contributed by atoms with Crippen molar-refractivity contribution in [3.8, 4) is 5.69 Å². The van der Waals surface area contributed by atoms with Crippen molar-refractivity contribution in [1.82, 2.24) is 9.78 Å². The minimum Gasteiger partial charge on any atom is -0.360 e. The van der Waals surface area contributed by atoms with Gasteiger partial charge < -0.3 is 15.1 Å². The lowest BCUT2D eigenvalue weighted by atomic mass is 10.1. The number of nitrogens with one attached hydrogen (secondary N) is 2. The number of piperazine rings is 1. The summed E-state index contributed by atoms with van der Waals surface area (Å²) in [5, 5.41) is 7.64. The molecule has 2 N–H and O–H groups in total. The van der Waals surface area contributed by atoms with Gasteiger partial charge in [-0.05, 0) is 57.0 Å². The van der Waals surface area contributed by atoms with E-state index >= 15 is 0 Å². The Morgan fingerprint density at radius 2 is 1.74 bits per heavy atom. The predicted octanol–water partition coefficient (Wildman–Crippen LogP) is 2.45. The summed E-state index contributed by atoms with van der Waals surface area (Å²) >= 11 is 0. The van der Waals surface area contributed by atoms with Crippen LogP contribution >= 0.6 is 0 Å². The van der Waals surface area contributed by atoms with Crippen molar-refractivity contribution in [1.29, 1.82) is 0 Å². The van der Waals surface area contributed by atoms with Crippen LogP contribution in [0.25, 0.3) is 5.69 Å². The lowest BCUT2D eigenvalue weighted by molar-refractivity contribution is -0.892. The second kappa shape index (κ2) is 8.94. The summed E-state index contributed by atoms with van der Waals surface area (Å²) < 4.78 is 1.81. The molecule has 0 aliphatic carbocycles. The van der Waals surface area contributed by atoms with E-state index in [0.717, 1.165) is 43.4 Å². The van der Waals surface area contributed by atoms with Crippen molar-refractivity contribution in [3.63, 3.8) is 0 Å². The number of carbonyl (C=O) groups excluding carboxylic acids is 1. The summed E-state index contributed by atoms with van der Waals surface area (Å²) in [5.74, 6) is 0.753. The topological polar surface area (TPSA) is 54.6 Å². The Hall–Kier alpha value is -3.12. The van der Waals surface area contributed by atoms with Gasteiger partial charge in [0.1, 0.15) is 5.82 Å². The maximum absolute atomic E-state index is 12.8. The third kappa shape index (κ3) is 4.80. The molecular weight excluding hydrogens is 386 g/mol. The van der Waals surface area contributed by atoms with Crippen molar-refractivity contribution in [2.45, 2.75) is 27.7 Å². The number of hydrogen-bond donors (Lipinski definition) is 2. The molecule has 1 aliphatic heterocycles. The number of benzene rings is 2. The van der Waals surface area contributed by atoms with Crippen LogP contribution in [-0.4, -0.2) is 48.4 Å². The Balaban J connectivity index is 1.36. The molecule has 6 heteroatoms. The maximum Gasteiger partial charge on any atom is 0.280 e. The third-order valence-corrected chi connectivity index (χ3v) is 6.18. The first-order chi connectivity index (χ1) is 14.9. The lowest BCUT2D eigenvalue weighted by Crippen LogP contribution is -3.15. The molecule has 0 bridgehead atoms. The van der Waals surface area contributed by atoms with E-state index in [0.29, 0.717) is 6.54 Å². The highest BCUT2D eigenvalue weighted by atomic mass is 16.2. The van der Waals surface area contributed by atoms with Gasteiger partial charge in [-0.15, -0.1) is 0 Å². The molecule has 0 spiro atoms. The van der Waals surface area contributed by atoms with E-state index in [4.69, 9.17) is 0 Å². The fraction of sp³-hybridized carbons (Fsp3) is 0.360. The fourth-order valence-corrected chi connectivity index (χ4v) is 4.20. The molecule has 0 radical (unpaired) electrons. The molecule has 31 heavy (non-hydrogen) atoms. The zero-order valence-corrected chi connectivity index (χ0v) is 18.9. The lowest BCUT2D eigenvalue weighted by Gasteiger charge is -2.34. The van der Waals surface area contributed by atoms with E-state index in [1.54, 1.807) is 4.68 Å². The van der Waals surface area contributed by atoms with Gasteiger partial charge in [-0.2, -0.15) is 5.10 Å². The molecule has 1 aromatic heterocycles. The number of hydrogen-bond acceptors (Lipinski definition) is 3. The van der Waals surface area contributed by atoms with Gasteiger partial charge in [0.05, 0.1) is 37.6 Å². The van der Waals surface area contributed by atoms with E-state index in [1.807, 2.05) is 25.1 Å². The van der Waals surface area contributed by atoms with Crippen LogP contribution in [0.3, 0.4) is 0 Å². The quantitative estimate of drug-likeness (QED) is 0.669. The normalized spacial score (nSPS) is 14.6. The highest BCUT2D eigenvalue weighted by Gasteiger charge is 2.24. The van der Waals surface area contributed by atoms with Gasteiger partial charge in [0, 0.05) is 11.8 Å². The number of amides is 1. The van der Waals surface area contributed by atoms with Gasteiger partial charge in [0.15, 0.2) is 6.54 Å². The Morgan fingerprint density at radius 3 is 2.45 bits per heavy atom. The number of carbonyl (C=O) groups is 1. The van der Waals surface area contributed by atoms with Crippen LogP contribution in [0.4, 0.5) is 11.5 Å². The van der Waals surface area contributed by atoms with E-state index < -0.39 is 0 Å². The molecule has 2 heterocycles. The highest BCUT2D eigenvalue weighted by Crippen LogP contribution is 2.22. The van der Waals surface area contributed by atoms with Crippen LogP contribution in [0.1, 0.15) is 22.4 Å². The van der Waals surface area contributed by atoms with E-state index in [2.05, 4.69) is 66.4 Å². The first-order valence-electron chi connectivity index (χ1n) is 11.0. The number of aromatic nitrogens is 2. The largest absolute Gasteiger partial charge is 0.360 e. The average molecular weight is 419 g/mol. The summed E-state index contributed by atoms with van der Waals surface area (Å²) in [4.78, 5) is 16.6. The monoisotopic (exact) mass is 418 g/mol. The first kappa shape index (κ1) is 21.1. The van der Waals surface area contributed by atoms with Crippen LogP contribution in [-0.2, 0) is 4.79 Å². The van der Waals surface area contributed by atoms with Crippen molar-refractivity contribution in [2.75, 3.05) is 42.9 Å². The molecule has 6 nitrogen and oxygen atoms in total. The molecule has 4 rings (SSSR count). The number of aryl methyl sites for hydroxylation is 3. The van der Waals surface area contributed by atoms with Crippen molar-refractivity contribution in [2.24, 2.45) is 0 Å². The van der Waals surface area contributed by atoms with Gasteiger partial charge in [-0.1, -0.05) is 29.8 Å². The highest BCUT2D eigenvalue weighted by molar-refractivity contribution is 5.91. The van der Waals surface area contributed by atoms with Gasteiger partial charge in [-0.3, -0.25) is 4.79 Å². The second-order valence-electron chi connectivity index (χ2n) is 8.60. The van der Waals surface area contributed by atoms with E-state index in [1.165, 1.54) is 27.3 Å². The number of anilines is 2. The molecule has 2 aromatic carbocycles. The minimum absolute atomic E-state index is 0.0310. The van der Waals surface area contributed by atoms with Crippen molar-refractivity contribution >= 4 is 17.4 Å². The summed E-state index contributed by atoms with van der Waals surface area (Å²) in [7, 11) is 0. The molecule has 0 saturated carbocycles. The second-order valence-corrected chi connectivity index (χ2v) is 8.60. The molecule has 1 aliphatic rings. The standard InChI is InChI=1S/C25H31N5O/c1-18-8-10-22(11-9-18)30-24(16-20(3)27-30)26-25(31)17-28-12-14-29(15-13-28)23-7-5-6-19(2)21(23)4/h5-11,16H,12-15,17H2,1-4H3,(H,26,31)/p+1. The van der Waals surface area contributed by atoms with E-state index in [-0.39, 0.29) is 5.91 Å². The molecule has 1 fully saturated rings. The zero-order valence-electron chi connectivity index (χ0n) is 18.9. The number of nitrogens with zero attached hydrogens (tertiary/aromatic N) is 3. The number of rotatable bonds is 5. The molecular formula is C25H32N5O+. The fourth-order valence-electron chi connectivity index (χ4n) is 4.20.